The van der Waals surface area contributed by atoms with Crippen LogP contribution in [0.4, 0.5) is 0 Å². The second kappa shape index (κ2) is 8.53. The lowest BCUT2D eigenvalue weighted by Crippen LogP contribution is -3.00. The van der Waals surface area contributed by atoms with Gasteiger partial charge >= 0.3 is 0 Å². The van der Waals surface area contributed by atoms with Crippen molar-refractivity contribution in [3.63, 3.8) is 0 Å². The summed E-state index contributed by atoms with van der Waals surface area (Å²) in [4.78, 5) is 2.60. The predicted octanol–water partition coefficient (Wildman–Crippen LogP) is 1.52. The Morgan fingerprint density at radius 1 is 1.08 bits per heavy atom. The third-order valence-electron chi connectivity index (χ3n) is 5.15. The SMILES string of the molecule is CC1(C)CC(N2CCCCC2)=CC=[N+]1CCc1ccc(Cl)cc1.[Br-]. The number of benzene rings is 1. The third-order valence-corrected chi connectivity index (χ3v) is 5.41. The molecule has 0 unspecified atom stereocenters. The van der Waals surface area contributed by atoms with E-state index in [1.165, 1.54) is 43.6 Å². The van der Waals surface area contributed by atoms with Crippen molar-refractivity contribution in [1.82, 2.24) is 4.90 Å². The van der Waals surface area contributed by atoms with Crippen molar-refractivity contribution in [2.75, 3.05) is 19.6 Å². The summed E-state index contributed by atoms with van der Waals surface area (Å²) in [5.41, 5.74) is 3.07. The van der Waals surface area contributed by atoms with Gasteiger partial charge in [0.2, 0.25) is 0 Å². The largest absolute Gasteiger partial charge is 1.00 e. The number of nitrogens with zero attached hydrogens (tertiary/aromatic N) is 2. The van der Waals surface area contributed by atoms with Crippen LogP contribution in [0.1, 0.15) is 45.1 Å². The number of allylic oxidation sites excluding steroid dienone is 1. The number of hydrogen-bond acceptors (Lipinski definition) is 1. The van der Waals surface area contributed by atoms with Crippen molar-refractivity contribution in [3.05, 3.63) is 46.6 Å². The molecule has 0 radical (unpaired) electrons. The summed E-state index contributed by atoms with van der Waals surface area (Å²) >= 11 is 5.97. The number of halogens is 2. The molecule has 2 nitrogen and oxygen atoms in total. The third kappa shape index (κ3) is 4.86. The fourth-order valence-electron chi connectivity index (χ4n) is 3.66. The summed E-state index contributed by atoms with van der Waals surface area (Å²) in [5.74, 6) is 0. The summed E-state index contributed by atoms with van der Waals surface area (Å²) < 4.78 is 2.50. The molecule has 24 heavy (non-hydrogen) atoms. The van der Waals surface area contributed by atoms with Gasteiger partial charge in [0.15, 0.2) is 11.8 Å². The molecule has 0 aliphatic carbocycles. The van der Waals surface area contributed by atoms with Gasteiger partial charge in [0.05, 0.1) is 6.42 Å². The van der Waals surface area contributed by atoms with Gasteiger partial charge in [-0.3, -0.25) is 0 Å². The van der Waals surface area contributed by atoms with Crippen LogP contribution in [0.15, 0.2) is 36.0 Å². The van der Waals surface area contributed by atoms with Crippen molar-refractivity contribution in [1.29, 1.82) is 0 Å². The molecule has 4 heteroatoms. The average Bonchev–Trinajstić information content (AvgIpc) is 2.55. The second-order valence-electron chi connectivity index (χ2n) is 7.41. The molecule has 1 saturated heterocycles. The van der Waals surface area contributed by atoms with Crippen molar-refractivity contribution in [3.8, 4) is 0 Å². The molecular formula is C20H28BrClN2. The van der Waals surface area contributed by atoms with Crippen LogP contribution in [0.3, 0.4) is 0 Å². The van der Waals surface area contributed by atoms with E-state index in [-0.39, 0.29) is 22.5 Å². The lowest BCUT2D eigenvalue weighted by Gasteiger charge is -2.36. The molecule has 0 amide bonds. The Morgan fingerprint density at radius 2 is 1.75 bits per heavy atom. The van der Waals surface area contributed by atoms with Gasteiger partial charge in [-0.1, -0.05) is 23.7 Å². The van der Waals surface area contributed by atoms with Gasteiger partial charge in [-0.2, -0.15) is 0 Å². The van der Waals surface area contributed by atoms with Crippen molar-refractivity contribution in [2.24, 2.45) is 0 Å². The molecular weight excluding hydrogens is 384 g/mol. The van der Waals surface area contributed by atoms with Crippen LogP contribution in [0.2, 0.25) is 5.02 Å². The maximum atomic E-state index is 5.97. The zero-order chi connectivity index (χ0) is 16.3. The minimum absolute atomic E-state index is 0. The highest BCUT2D eigenvalue weighted by atomic mass is 79.9. The standard InChI is InChI=1S/C20H28ClN2.BrH/c1-20(2)16-19(22-12-4-3-5-13-22)11-15-23(20)14-10-17-6-8-18(21)9-7-17;/h6-9,11,15H,3-5,10,12-14,16H2,1-2H3;1H/q+1;/p-1. The average molecular weight is 412 g/mol. The zero-order valence-electron chi connectivity index (χ0n) is 14.8. The maximum absolute atomic E-state index is 5.97. The van der Waals surface area contributed by atoms with Crippen LogP contribution < -0.4 is 17.0 Å². The Labute approximate surface area is 162 Å². The first-order valence-corrected chi connectivity index (χ1v) is 9.23. The number of rotatable bonds is 4. The molecule has 0 N–H and O–H groups in total. The van der Waals surface area contributed by atoms with Crippen LogP contribution in [0.5, 0.6) is 0 Å². The van der Waals surface area contributed by atoms with E-state index in [4.69, 9.17) is 11.6 Å². The summed E-state index contributed by atoms with van der Waals surface area (Å²) in [6.45, 7) is 8.25. The van der Waals surface area contributed by atoms with E-state index in [1.54, 1.807) is 0 Å². The van der Waals surface area contributed by atoms with E-state index >= 15 is 0 Å². The van der Waals surface area contributed by atoms with E-state index in [9.17, 15) is 0 Å². The molecule has 0 spiro atoms. The second-order valence-corrected chi connectivity index (χ2v) is 7.85. The van der Waals surface area contributed by atoms with Crippen molar-refractivity contribution < 1.29 is 21.6 Å². The number of piperidine rings is 1. The first-order valence-electron chi connectivity index (χ1n) is 8.85. The molecule has 1 fully saturated rings. The summed E-state index contributed by atoms with van der Waals surface area (Å²) in [6.07, 6.45) is 10.9. The highest BCUT2D eigenvalue weighted by Crippen LogP contribution is 2.27. The maximum Gasteiger partial charge on any atom is 0.165 e. The molecule has 0 aromatic heterocycles. The molecule has 0 bridgehead atoms. The minimum Gasteiger partial charge on any atom is -1.00 e. The van der Waals surface area contributed by atoms with Crippen LogP contribution in [-0.2, 0) is 6.42 Å². The monoisotopic (exact) mass is 410 g/mol. The van der Waals surface area contributed by atoms with Gasteiger partial charge in [-0.15, -0.1) is 0 Å². The van der Waals surface area contributed by atoms with Gasteiger partial charge < -0.3 is 21.9 Å². The molecule has 1 aromatic carbocycles. The Balaban J connectivity index is 0.00000208. The van der Waals surface area contributed by atoms with Crippen molar-refractivity contribution in [2.45, 2.75) is 51.5 Å². The van der Waals surface area contributed by atoms with Gasteiger partial charge in [-0.25, -0.2) is 4.58 Å². The van der Waals surface area contributed by atoms with Crippen molar-refractivity contribution >= 4 is 17.8 Å². The molecule has 132 valence electrons. The molecule has 1 aromatic rings. The van der Waals surface area contributed by atoms with Gasteiger partial charge in [0.25, 0.3) is 0 Å². The summed E-state index contributed by atoms with van der Waals surface area (Å²) in [7, 11) is 0. The zero-order valence-corrected chi connectivity index (χ0v) is 17.1. The highest BCUT2D eigenvalue weighted by molar-refractivity contribution is 6.30. The van der Waals surface area contributed by atoms with Crippen LogP contribution >= 0.6 is 11.6 Å². The van der Waals surface area contributed by atoms with Crippen LogP contribution in [0.25, 0.3) is 0 Å². The van der Waals surface area contributed by atoms with Crippen LogP contribution in [-0.4, -0.2) is 40.9 Å². The fraction of sp³-hybridized carbons (Fsp3) is 0.550. The van der Waals surface area contributed by atoms with E-state index in [0.29, 0.717) is 0 Å². The fourth-order valence-corrected chi connectivity index (χ4v) is 3.78. The van der Waals surface area contributed by atoms with E-state index < -0.39 is 0 Å². The first kappa shape index (κ1) is 19.5. The van der Waals surface area contributed by atoms with Crippen LogP contribution in [0, 0.1) is 0 Å². The smallest absolute Gasteiger partial charge is 0.165 e. The first-order chi connectivity index (χ1) is 11.0. The molecule has 3 rings (SSSR count). The van der Waals surface area contributed by atoms with Gasteiger partial charge in [-0.05, 0) is 37.0 Å². The Hall–Kier alpha value is -0.800. The topological polar surface area (TPSA) is 6.25 Å². The summed E-state index contributed by atoms with van der Waals surface area (Å²) in [6, 6.07) is 8.23. The molecule has 2 heterocycles. The number of likely N-dealkylation sites (tertiary alicyclic amines) is 1. The lowest BCUT2D eigenvalue weighted by atomic mass is 9.92. The lowest BCUT2D eigenvalue weighted by molar-refractivity contribution is -0.597. The molecule has 0 saturated carbocycles. The number of hydrogen-bond donors (Lipinski definition) is 0. The Bertz CT molecular complexity index is 599. The minimum atomic E-state index is 0. The quantitative estimate of drug-likeness (QED) is 0.681. The molecule has 0 atom stereocenters. The normalized spacial score (nSPS) is 20.0. The van der Waals surface area contributed by atoms with Gasteiger partial charge in [0.1, 0.15) is 6.54 Å². The molecule has 2 aliphatic rings. The molecule has 2 aliphatic heterocycles. The predicted molar refractivity (Wildman–Crippen MR) is 98.6 cm³/mol. The van der Waals surface area contributed by atoms with E-state index in [1.807, 2.05) is 12.1 Å². The Morgan fingerprint density at radius 3 is 2.38 bits per heavy atom. The summed E-state index contributed by atoms with van der Waals surface area (Å²) in [5, 5.41) is 0.813. The van der Waals surface area contributed by atoms with E-state index in [0.717, 1.165) is 24.4 Å². The Kier molecular flexibility index (Phi) is 6.94. The highest BCUT2D eigenvalue weighted by Gasteiger charge is 2.35. The van der Waals surface area contributed by atoms with E-state index in [2.05, 4.69) is 47.7 Å². The van der Waals surface area contributed by atoms with Gasteiger partial charge in [0, 0.05) is 50.2 Å².